The average molecular weight is 381 g/mol. The first-order chi connectivity index (χ1) is 13.2. The Balaban J connectivity index is 1.85. The number of amides is 1. The van der Waals surface area contributed by atoms with E-state index in [0.717, 1.165) is 63.1 Å². The molecule has 1 fully saturated rings. The van der Waals surface area contributed by atoms with E-state index in [9.17, 15) is 4.79 Å². The van der Waals surface area contributed by atoms with Crippen molar-refractivity contribution in [2.45, 2.75) is 39.0 Å². The molecule has 1 saturated heterocycles. The SMILES string of the molecule is CCCN(C=O)c1cc2c(s1)CCc1ccccc1C2=C1CCN(C)CC1. The molecule has 1 aliphatic heterocycles. The van der Waals surface area contributed by atoms with Crippen LogP contribution < -0.4 is 4.90 Å². The van der Waals surface area contributed by atoms with Crippen LogP contribution in [0.4, 0.5) is 5.00 Å². The van der Waals surface area contributed by atoms with Gasteiger partial charge in [-0.3, -0.25) is 4.79 Å². The van der Waals surface area contributed by atoms with Crippen molar-refractivity contribution < 1.29 is 4.79 Å². The molecule has 1 aromatic carbocycles. The average Bonchev–Trinajstić information content (AvgIpc) is 3.04. The van der Waals surface area contributed by atoms with Gasteiger partial charge in [0.25, 0.3) is 0 Å². The second kappa shape index (κ2) is 7.99. The number of fused-ring (bicyclic) bond motifs is 2. The highest BCUT2D eigenvalue weighted by molar-refractivity contribution is 7.16. The van der Waals surface area contributed by atoms with Gasteiger partial charge in [0, 0.05) is 24.5 Å². The number of piperidine rings is 1. The van der Waals surface area contributed by atoms with Gasteiger partial charge in [-0.05, 0) is 67.5 Å². The maximum atomic E-state index is 11.6. The summed E-state index contributed by atoms with van der Waals surface area (Å²) in [5, 5.41) is 1.10. The second-order valence-corrected chi connectivity index (χ2v) is 8.77. The van der Waals surface area contributed by atoms with Crippen LogP contribution in [-0.4, -0.2) is 38.0 Å². The summed E-state index contributed by atoms with van der Waals surface area (Å²) in [5.41, 5.74) is 7.29. The predicted octanol–water partition coefficient (Wildman–Crippen LogP) is 4.75. The zero-order valence-corrected chi connectivity index (χ0v) is 17.1. The highest BCUT2D eigenvalue weighted by Gasteiger charge is 2.26. The number of hydrogen-bond acceptors (Lipinski definition) is 3. The standard InChI is InChI=1S/C23H28N2OS/c1-3-12-25(16-26)22-15-20-21(27-22)9-8-17-6-4-5-7-19(17)23(20)18-10-13-24(2)14-11-18/h4-7,15-16H,3,8-14H2,1-2H3. The monoisotopic (exact) mass is 380 g/mol. The molecule has 1 amide bonds. The number of likely N-dealkylation sites (tertiary alicyclic amines) is 1. The molecule has 0 saturated carbocycles. The highest BCUT2D eigenvalue weighted by atomic mass is 32.1. The van der Waals surface area contributed by atoms with E-state index in [-0.39, 0.29) is 0 Å². The Bertz CT molecular complexity index is 857. The van der Waals surface area contributed by atoms with Gasteiger partial charge in [0.15, 0.2) is 0 Å². The Hall–Kier alpha value is -1.91. The fourth-order valence-electron chi connectivity index (χ4n) is 4.30. The van der Waals surface area contributed by atoms with Crippen molar-refractivity contribution in [3.63, 3.8) is 0 Å². The molecule has 0 unspecified atom stereocenters. The Labute approximate surface area is 166 Å². The number of rotatable bonds is 4. The van der Waals surface area contributed by atoms with Crippen LogP contribution in [0.2, 0.25) is 0 Å². The molecule has 0 spiro atoms. The quantitative estimate of drug-likeness (QED) is 0.715. The lowest BCUT2D eigenvalue weighted by molar-refractivity contribution is -0.107. The molecule has 3 nitrogen and oxygen atoms in total. The van der Waals surface area contributed by atoms with Crippen LogP contribution in [0.5, 0.6) is 0 Å². The Morgan fingerprint density at radius 3 is 2.63 bits per heavy atom. The van der Waals surface area contributed by atoms with Crippen molar-refractivity contribution >= 4 is 28.3 Å². The molecule has 1 aliphatic carbocycles. The number of aryl methyl sites for hydroxylation is 2. The van der Waals surface area contributed by atoms with Gasteiger partial charge in [-0.15, -0.1) is 11.3 Å². The summed E-state index contributed by atoms with van der Waals surface area (Å²) < 4.78 is 0. The maximum absolute atomic E-state index is 11.6. The fraction of sp³-hybridized carbons (Fsp3) is 0.435. The fourth-order valence-corrected chi connectivity index (χ4v) is 5.46. The van der Waals surface area contributed by atoms with Crippen molar-refractivity contribution in [3.8, 4) is 0 Å². The molecule has 0 atom stereocenters. The summed E-state index contributed by atoms with van der Waals surface area (Å²) >= 11 is 1.81. The molecule has 0 bridgehead atoms. The number of thiophene rings is 1. The van der Waals surface area contributed by atoms with E-state index < -0.39 is 0 Å². The highest BCUT2D eigenvalue weighted by Crippen LogP contribution is 2.43. The number of benzene rings is 1. The van der Waals surface area contributed by atoms with Crippen molar-refractivity contribution in [2.75, 3.05) is 31.6 Å². The van der Waals surface area contributed by atoms with Gasteiger partial charge < -0.3 is 9.80 Å². The Kier molecular flexibility index (Phi) is 5.46. The van der Waals surface area contributed by atoms with Crippen LogP contribution in [0.25, 0.3) is 5.57 Å². The van der Waals surface area contributed by atoms with Gasteiger partial charge in [-0.25, -0.2) is 0 Å². The van der Waals surface area contributed by atoms with Crippen LogP contribution in [0, 0.1) is 0 Å². The summed E-state index contributed by atoms with van der Waals surface area (Å²) in [4.78, 5) is 17.3. The van der Waals surface area contributed by atoms with E-state index in [1.54, 1.807) is 5.57 Å². The van der Waals surface area contributed by atoms with Crippen molar-refractivity contribution in [1.29, 1.82) is 0 Å². The summed E-state index contributed by atoms with van der Waals surface area (Å²) in [6, 6.07) is 11.2. The molecule has 0 radical (unpaired) electrons. The van der Waals surface area contributed by atoms with Gasteiger partial charge >= 0.3 is 0 Å². The first-order valence-corrected chi connectivity index (χ1v) is 10.9. The van der Waals surface area contributed by atoms with Crippen LogP contribution in [0.1, 0.15) is 47.8 Å². The first kappa shape index (κ1) is 18.5. The van der Waals surface area contributed by atoms with Gasteiger partial charge in [-0.2, -0.15) is 0 Å². The van der Waals surface area contributed by atoms with Crippen molar-refractivity contribution in [2.24, 2.45) is 0 Å². The number of carbonyl (C=O) groups is 1. The lowest BCUT2D eigenvalue weighted by Gasteiger charge is -2.27. The molecule has 1 aromatic heterocycles. The lowest BCUT2D eigenvalue weighted by atomic mass is 9.88. The van der Waals surface area contributed by atoms with Crippen LogP contribution in [0.3, 0.4) is 0 Å². The van der Waals surface area contributed by atoms with Gasteiger partial charge in [0.1, 0.15) is 0 Å². The molecule has 27 heavy (non-hydrogen) atoms. The molecule has 2 aromatic rings. The Morgan fingerprint density at radius 1 is 1.11 bits per heavy atom. The third-order valence-electron chi connectivity index (χ3n) is 5.79. The predicted molar refractivity (Wildman–Crippen MR) is 115 cm³/mol. The van der Waals surface area contributed by atoms with Gasteiger partial charge in [0.05, 0.1) is 5.00 Å². The maximum Gasteiger partial charge on any atom is 0.214 e. The van der Waals surface area contributed by atoms with E-state index in [2.05, 4.69) is 49.2 Å². The van der Waals surface area contributed by atoms with Crippen LogP contribution in [-0.2, 0) is 17.6 Å². The van der Waals surface area contributed by atoms with Gasteiger partial charge in [0.2, 0.25) is 6.41 Å². The minimum atomic E-state index is 0.788. The third kappa shape index (κ3) is 3.61. The number of anilines is 1. The Morgan fingerprint density at radius 2 is 1.89 bits per heavy atom. The lowest BCUT2D eigenvalue weighted by Crippen LogP contribution is -2.27. The summed E-state index contributed by atoms with van der Waals surface area (Å²) in [6.07, 6.45) is 6.38. The van der Waals surface area contributed by atoms with E-state index >= 15 is 0 Å². The molecular weight excluding hydrogens is 352 g/mol. The minimum absolute atomic E-state index is 0.788. The van der Waals surface area contributed by atoms with E-state index in [4.69, 9.17) is 0 Å². The number of nitrogens with zero attached hydrogens (tertiary/aromatic N) is 2. The van der Waals surface area contributed by atoms with E-state index in [1.165, 1.54) is 27.1 Å². The van der Waals surface area contributed by atoms with Crippen LogP contribution in [0.15, 0.2) is 35.9 Å². The summed E-state index contributed by atoms with van der Waals surface area (Å²) in [5.74, 6) is 0. The smallest absolute Gasteiger partial charge is 0.214 e. The van der Waals surface area contributed by atoms with Crippen LogP contribution >= 0.6 is 11.3 Å². The van der Waals surface area contributed by atoms with Gasteiger partial charge in [-0.1, -0.05) is 36.8 Å². The topological polar surface area (TPSA) is 23.6 Å². The zero-order chi connectivity index (χ0) is 18.8. The molecule has 2 aliphatic rings. The molecule has 4 heteroatoms. The molecule has 4 rings (SSSR count). The number of carbonyl (C=O) groups excluding carboxylic acids is 1. The molecule has 142 valence electrons. The largest absolute Gasteiger partial charge is 0.306 e. The molecule has 2 heterocycles. The second-order valence-electron chi connectivity index (χ2n) is 7.66. The van der Waals surface area contributed by atoms with E-state index in [1.807, 2.05) is 16.2 Å². The minimum Gasteiger partial charge on any atom is -0.306 e. The summed E-state index contributed by atoms with van der Waals surface area (Å²) in [7, 11) is 2.21. The van der Waals surface area contributed by atoms with Crippen molar-refractivity contribution in [3.05, 3.63) is 57.5 Å². The molecular formula is C23H28N2OS. The first-order valence-electron chi connectivity index (χ1n) is 10.0. The number of hydrogen-bond donors (Lipinski definition) is 0. The summed E-state index contributed by atoms with van der Waals surface area (Å²) in [6.45, 7) is 5.17. The van der Waals surface area contributed by atoms with E-state index in [0.29, 0.717) is 0 Å². The normalized spacial score (nSPS) is 17.3. The van der Waals surface area contributed by atoms with Crippen molar-refractivity contribution in [1.82, 2.24) is 4.90 Å². The third-order valence-corrected chi connectivity index (χ3v) is 7.02. The zero-order valence-electron chi connectivity index (χ0n) is 16.3. The molecule has 0 N–H and O–H groups in total.